The molecule has 28 heavy (non-hydrogen) atoms. The molecule has 7 nitrogen and oxygen atoms in total. The van der Waals surface area contributed by atoms with Crippen LogP contribution in [0.4, 0.5) is 5.69 Å². The molecule has 2 heterocycles. The summed E-state index contributed by atoms with van der Waals surface area (Å²) in [4.78, 5) is 0.00427. The van der Waals surface area contributed by atoms with Crippen molar-refractivity contribution in [1.82, 2.24) is 0 Å². The number of hydrogen-bond donors (Lipinski definition) is 1. The van der Waals surface area contributed by atoms with Crippen LogP contribution in [0.25, 0.3) is 5.76 Å². The minimum Gasteiger partial charge on any atom is -0.497 e. The Labute approximate surface area is 162 Å². The monoisotopic (exact) mass is 395 g/mol. The number of nitriles is 1. The van der Waals surface area contributed by atoms with E-state index in [9.17, 15) is 13.7 Å². The molecule has 0 fully saturated rings. The second kappa shape index (κ2) is 6.32. The van der Waals surface area contributed by atoms with Crippen LogP contribution in [0.1, 0.15) is 17.0 Å². The number of benzene rings is 2. The zero-order chi connectivity index (χ0) is 20.1. The Balaban J connectivity index is 2.03. The van der Waals surface area contributed by atoms with Gasteiger partial charge in [-0.1, -0.05) is 24.3 Å². The Kier molecular flexibility index (Phi) is 4.05. The van der Waals surface area contributed by atoms with Gasteiger partial charge in [0.15, 0.2) is 5.76 Å². The Morgan fingerprint density at radius 3 is 2.50 bits per heavy atom. The van der Waals surface area contributed by atoms with Crippen LogP contribution >= 0.6 is 0 Å². The second-order valence-corrected chi connectivity index (χ2v) is 8.32. The van der Waals surface area contributed by atoms with E-state index in [0.29, 0.717) is 22.6 Å². The zero-order valence-corrected chi connectivity index (χ0v) is 16.0. The van der Waals surface area contributed by atoms with Crippen LogP contribution < -0.4 is 14.8 Å². The van der Waals surface area contributed by atoms with E-state index in [-0.39, 0.29) is 22.1 Å². The van der Waals surface area contributed by atoms with Gasteiger partial charge in [-0.2, -0.15) is 5.26 Å². The van der Waals surface area contributed by atoms with E-state index in [1.54, 1.807) is 55.6 Å². The smallest absolute Gasteiger partial charge is 0.264 e. The molecule has 8 heteroatoms. The molecular weight excluding hydrogens is 378 g/mol. The summed E-state index contributed by atoms with van der Waals surface area (Å²) in [6.45, 7) is 0. The third-order valence-corrected chi connectivity index (χ3v) is 6.84. The molecule has 0 bridgehead atoms. The summed E-state index contributed by atoms with van der Waals surface area (Å²) < 4.78 is 38.8. The summed E-state index contributed by atoms with van der Waals surface area (Å²) in [6, 6.07) is 15.9. The summed E-state index contributed by atoms with van der Waals surface area (Å²) >= 11 is 0. The fraction of sp³-hybridized carbons (Fsp3) is 0.150. The highest BCUT2D eigenvalue weighted by molar-refractivity contribution is 7.96. The van der Waals surface area contributed by atoms with Crippen LogP contribution in [0, 0.1) is 11.3 Å². The lowest BCUT2D eigenvalue weighted by molar-refractivity contribution is 0.357. The summed E-state index contributed by atoms with van der Waals surface area (Å²) in [7, 11) is -0.915. The van der Waals surface area contributed by atoms with Crippen LogP contribution in [0.5, 0.6) is 5.75 Å². The number of para-hydroxylation sites is 1. The molecule has 142 valence electrons. The largest absolute Gasteiger partial charge is 0.497 e. The summed E-state index contributed by atoms with van der Waals surface area (Å²) in [5, 5.41) is 9.69. The van der Waals surface area contributed by atoms with Crippen LogP contribution in [0.2, 0.25) is 0 Å². The van der Waals surface area contributed by atoms with Crippen molar-refractivity contribution in [3.05, 3.63) is 76.0 Å². The molecule has 2 N–H and O–H groups in total. The molecule has 0 saturated heterocycles. The molecule has 0 spiro atoms. The Hall–Kier alpha value is -3.44. The molecule has 0 amide bonds. The van der Waals surface area contributed by atoms with Gasteiger partial charge in [0.05, 0.1) is 18.7 Å². The van der Waals surface area contributed by atoms with Crippen molar-refractivity contribution in [3.8, 4) is 11.8 Å². The molecule has 2 aromatic carbocycles. The van der Waals surface area contributed by atoms with Crippen LogP contribution in [0.3, 0.4) is 0 Å². The zero-order valence-electron chi connectivity index (χ0n) is 15.2. The third-order valence-electron chi connectivity index (χ3n) is 4.95. The number of methoxy groups -OCH3 is 1. The van der Waals surface area contributed by atoms with Crippen molar-refractivity contribution >= 4 is 21.5 Å². The lowest BCUT2D eigenvalue weighted by Crippen LogP contribution is -2.37. The average Bonchev–Trinajstić information content (AvgIpc) is 2.71. The lowest BCUT2D eigenvalue weighted by atomic mass is 9.88. The molecule has 0 aliphatic carbocycles. The highest BCUT2D eigenvalue weighted by atomic mass is 32.2. The minimum absolute atomic E-state index is 0.00427. The van der Waals surface area contributed by atoms with Crippen molar-refractivity contribution in [2.24, 2.45) is 5.73 Å². The highest BCUT2D eigenvalue weighted by Crippen LogP contribution is 2.50. The first-order valence-electron chi connectivity index (χ1n) is 8.44. The van der Waals surface area contributed by atoms with Crippen molar-refractivity contribution in [2.45, 2.75) is 5.92 Å². The standard InChI is InChI=1S/C20H17N3O4S/c1-23-16-6-4-3-5-14(16)18-19(28(23,24)25)17(15(11-21)20(22)27-18)12-7-9-13(26-2)10-8-12/h3-10,17H,22H2,1-2H3/t17-/m0/s1. The first kappa shape index (κ1) is 17.9. The molecule has 2 aliphatic heterocycles. The van der Waals surface area contributed by atoms with E-state index >= 15 is 0 Å². The van der Waals surface area contributed by atoms with Crippen LogP contribution in [0.15, 0.2) is 64.9 Å². The number of nitrogens with two attached hydrogens (primary N) is 1. The lowest BCUT2D eigenvalue weighted by Gasteiger charge is -2.36. The van der Waals surface area contributed by atoms with E-state index in [1.165, 1.54) is 11.4 Å². The molecule has 0 radical (unpaired) electrons. The van der Waals surface area contributed by atoms with E-state index in [1.807, 2.05) is 6.07 Å². The SMILES string of the molecule is COc1ccc([C@H]2C(C#N)=C(N)OC3=C2S(=O)(=O)N(C)c2ccccc23)cc1. The van der Waals surface area contributed by atoms with Crippen molar-refractivity contribution in [2.75, 3.05) is 18.5 Å². The maximum Gasteiger partial charge on any atom is 0.264 e. The topological polar surface area (TPSA) is 106 Å². The van der Waals surface area contributed by atoms with Gasteiger partial charge in [-0.3, -0.25) is 4.31 Å². The number of nitrogens with zero attached hydrogens (tertiary/aromatic N) is 2. The third kappa shape index (κ3) is 2.44. The van der Waals surface area contributed by atoms with E-state index in [4.69, 9.17) is 15.2 Å². The second-order valence-electron chi connectivity index (χ2n) is 6.38. The Morgan fingerprint density at radius 2 is 1.86 bits per heavy atom. The van der Waals surface area contributed by atoms with Gasteiger partial charge in [0, 0.05) is 12.6 Å². The summed E-state index contributed by atoms with van der Waals surface area (Å²) in [5.41, 5.74) is 7.78. The molecule has 2 aliphatic rings. The number of anilines is 1. The predicted octanol–water partition coefficient (Wildman–Crippen LogP) is 2.65. The molecule has 1 atom stereocenters. The molecule has 0 unspecified atom stereocenters. The normalized spacial score (nSPS) is 20.0. The van der Waals surface area contributed by atoms with Crippen molar-refractivity contribution in [1.29, 1.82) is 5.26 Å². The Morgan fingerprint density at radius 1 is 1.18 bits per heavy atom. The van der Waals surface area contributed by atoms with Crippen molar-refractivity contribution in [3.63, 3.8) is 0 Å². The minimum atomic E-state index is -3.94. The number of allylic oxidation sites excluding steroid dienone is 2. The van der Waals surface area contributed by atoms with Gasteiger partial charge in [0.2, 0.25) is 5.88 Å². The van der Waals surface area contributed by atoms with Gasteiger partial charge in [-0.15, -0.1) is 0 Å². The number of hydrogen-bond acceptors (Lipinski definition) is 6. The fourth-order valence-corrected chi connectivity index (χ4v) is 5.18. The number of rotatable bonds is 2. The van der Waals surface area contributed by atoms with Gasteiger partial charge in [0.1, 0.15) is 22.3 Å². The van der Waals surface area contributed by atoms with Gasteiger partial charge in [0.25, 0.3) is 10.0 Å². The average molecular weight is 395 g/mol. The Bertz CT molecular complexity index is 1170. The van der Waals surface area contributed by atoms with E-state index in [2.05, 4.69) is 0 Å². The van der Waals surface area contributed by atoms with E-state index < -0.39 is 15.9 Å². The van der Waals surface area contributed by atoms with Crippen molar-refractivity contribution < 1.29 is 17.9 Å². The number of sulfonamides is 1. The molecule has 2 aromatic rings. The molecule has 0 saturated carbocycles. The van der Waals surface area contributed by atoms with Crippen LogP contribution in [-0.4, -0.2) is 22.6 Å². The maximum atomic E-state index is 13.4. The molecule has 4 rings (SSSR count). The predicted molar refractivity (Wildman–Crippen MR) is 104 cm³/mol. The highest BCUT2D eigenvalue weighted by Gasteiger charge is 2.46. The van der Waals surface area contributed by atoms with E-state index in [0.717, 1.165) is 0 Å². The quantitative estimate of drug-likeness (QED) is 0.838. The number of ether oxygens (including phenoxy) is 2. The van der Waals surface area contributed by atoms with Gasteiger partial charge < -0.3 is 15.2 Å². The fourth-order valence-electron chi connectivity index (χ4n) is 3.52. The van der Waals surface area contributed by atoms with Gasteiger partial charge in [-0.25, -0.2) is 8.42 Å². The number of fused-ring (bicyclic) bond motifs is 2. The summed E-state index contributed by atoms with van der Waals surface area (Å²) in [6.07, 6.45) is 0. The van der Waals surface area contributed by atoms with Crippen LogP contribution in [-0.2, 0) is 14.8 Å². The molecular formula is C20H17N3O4S. The van der Waals surface area contributed by atoms with Gasteiger partial charge in [-0.05, 0) is 29.8 Å². The van der Waals surface area contributed by atoms with Gasteiger partial charge >= 0.3 is 0 Å². The first-order chi connectivity index (χ1) is 13.4. The first-order valence-corrected chi connectivity index (χ1v) is 9.88. The summed E-state index contributed by atoms with van der Waals surface area (Å²) in [5.74, 6) is -0.197. The molecule has 0 aromatic heterocycles. The maximum absolute atomic E-state index is 13.4.